The average molecular weight is 444 g/mol. The van der Waals surface area contributed by atoms with Crippen molar-refractivity contribution in [2.45, 2.75) is 26.4 Å². The number of hydrogen-bond donors (Lipinski definition) is 2. The second-order valence-electron chi connectivity index (χ2n) is 6.85. The van der Waals surface area contributed by atoms with Gasteiger partial charge in [0.1, 0.15) is 12.4 Å². The van der Waals surface area contributed by atoms with E-state index in [-0.39, 0.29) is 18.9 Å². The Hall–Kier alpha value is -3.75. The van der Waals surface area contributed by atoms with Crippen LogP contribution in [0.4, 0.5) is 4.79 Å². The monoisotopic (exact) mass is 443 g/mol. The minimum Gasteiger partial charge on any atom is -0.497 e. The van der Waals surface area contributed by atoms with Gasteiger partial charge in [0.15, 0.2) is 11.5 Å². The molecule has 0 fully saturated rings. The molecule has 2 amide bonds. The Morgan fingerprint density at radius 1 is 0.906 bits per heavy atom. The van der Waals surface area contributed by atoms with Gasteiger partial charge in [-0.3, -0.25) is 4.79 Å². The van der Waals surface area contributed by atoms with Crippen LogP contribution >= 0.6 is 0 Å². The van der Waals surface area contributed by atoms with Crippen LogP contribution in [0.1, 0.15) is 24.5 Å². The highest BCUT2D eigenvalue weighted by molar-refractivity contribution is 6.00. The van der Waals surface area contributed by atoms with E-state index in [9.17, 15) is 9.59 Å². The summed E-state index contributed by atoms with van der Waals surface area (Å²) in [6.45, 7) is 2.21. The van der Waals surface area contributed by atoms with E-state index in [4.69, 9.17) is 18.9 Å². The van der Waals surface area contributed by atoms with Gasteiger partial charge < -0.3 is 24.3 Å². The minimum absolute atomic E-state index is 0.0602. The first-order chi connectivity index (χ1) is 15.4. The van der Waals surface area contributed by atoms with Crippen molar-refractivity contribution in [2.24, 2.45) is 5.10 Å². The molecular formula is C23H29N3O6. The van der Waals surface area contributed by atoms with Gasteiger partial charge in [-0.2, -0.15) is 5.10 Å². The van der Waals surface area contributed by atoms with Gasteiger partial charge in [-0.05, 0) is 48.7 Å². The van der Waals surface area contributed by atoms with Crippen molar-refractivity contribution in [3.8, 4) is 17.2 Å². The van der Waals surface area contributed by atoms with Crippen molar-refractivity contribution in [1.29, 1.82) is 0 Å². The van der Waals surface area contributed by atoms with E-state index in [1.807, 2.05) is 18.2 Å². The topological polar surface area (TPSA) is 107 Å². The highest BCUT2D eigenvalue weighted by Crippen LogP contribution is 2.27. The van der Waals surface area contributed by atoms with E-state index in [1.54, 1.807) is 52.5 Å². The van der Waals surface area contributed by atoms with Gasteiger partial charge in [0.05, 0.1) is 27.8 Å². The summed E-state index contributed by atoms with van der Waals surface area (Å²) in [7, 11) is 4.74. The number of amides is 2. The zero-order valence-corrected chi connectivity index (χ0v) is 18.8. The summed E-state index contributed by atoms with van der Waals surface area (Å²) in [5.74, 6) is 1.83. The average Bonchev–Trinajstić information content (AvgIpc) is 2.81. The van der Waals surface area contributed by atoms with Crippen LogP contribution in [0.25, 0.3) is 0 Å². The highest BCUT2D eigenvalue weighted by Gasteiger charge is 2.08. The maximum atomic E-state index is 12.1. The van der Waals surface area contributed by atoms with Gasteiger partial charge in [0, 0.05) is 12.3 Å². The molecule has 2 N–H and O–H groups in total. The van der Waals surface area contributed by atoms with Crippen molar-refractivity contribution in [1.82, 2.24) is 10.7 Å². The highest BCUT2D eigenvalue weighted by atomic mass is 16.6. The third-order valence-corrected chi connectivity index (χ3v) is 4.47. The fraction of sp³-hybridized carbons (Fsp3) is 0.348. The molecule has 0 aromatic heterocycles. The Morgan fingerprint density at radius 2 is 1.59 bits per heavy atom. The quantitative estimate of drug-likeness (QED) is 0.408. The summed E-state index contributed by atoms with van der Waals surface area (Å²) in [5.41, 5.74) is 4.56. The molecule has 0 unspecified atom stereocenters. The smallest absolute Gasteiger partial charge is 0.428 e. The SMILES string of the molecule is COc1ccc(COC(=O)N/N=C(\C)CC(=O)NCCc2ccc(OC)c(OC)c2)cc1. The van der Waals surface area contributed by atoms with Crippen LogP contribution in [-0.4, -0.2) is 45.6 Å². The molecule has 0 heterocycles. The normalized spacial score (nSPS) is 10.8. The number of carbonyl (C=O) groups is 2. The molecule has 2 rings (SSSR count). The van der Waals surface area contributed by atoms with E-state index in [0.29, 0.717) is 30.2 Å². The number of hydrogen-bond acceptors (Lipinski definition) is 7. The van der Waals surface area contributed by atoms with Gasteiger partial charge >= 0.3 is 6.09 Å². The van der Waals surface area contributed by atoms with E-state index in [0.717, 1.165) is 16.9 Å². The van der Waals surface area contributed by atoms with Crippen LogP contribution in [0.15, 0.2) is 47.6 Å². The first-order valence-corrected chi connectivity index (χ1v) is 10.0. The van der Waals surface area contributed by atoms with Crippen molar-refractivity contribution in [3.63, 3.8) is 0 Å². The van der Waals surface area contributed by atoms with Crippen LogP contribution in [0, 0.1) is 0 Å². The Morgan fingerprint density at radius 3 is 2.25 bits per heavy atom. The Labute approximate surface area is 187 Å². The third-order valence-electron chi connectivity index (χ3n) is 4.47. The summed E-state index contributed by atoms with van der Waals surface area (Å²) < 4.78 is 20.7. The fourth-order valence-electron chi connectivity index (χ4n) is 2.76. The van der Waals surface area contributed by atoms with E-state index < -0.39 is 6.09 Å². The number of carbonyl (C=O) groups excluding carboxylic acids is 2. The number of rotatable bonds is 11. The second-order valence-corrected chi connectivity index (χ2v) is 6.85. The van der Waals surface area contributed by atoms with Crippen molar-refractivity contribution in [3.05, 3.63) is 53.6 Å². The zero-order chi connectivity index (χ0) is 23.3. The summed E-state index contributed by atoms with van der Waals surface area (Å²) in [5, 5.41) is 6.72. The molecule has 32 heavy (non-hydrogen) atoms. The molecule has 172 valence electrons. The summed E-state index contributed by atoms with van der Waals surface area (Å²) >= 11 is 0. The maximum Gasteiger partial charge on any atom is 0.428 e. The van der Waals surface area contributed by atoms with E-state index >= 15 is 0 Å². The summed E-state index contributed by atoms with van der Waals surface area (Å²) in [6, 6.07) is 12.8. The lowest BCUT2D eigenvalue weighted by Crippen LogP contribution is -2.28. The first kappa shape index (κ1) is 24.5. The molecule has 2 aromatic rings. The number of nitrogens with zero attached hydrogens (tertiary/aromatic N) is 1. The second kappa shape index (κ2) is 12.8. The molecular weight excluding hydrogens is 414 g/mol. The predicted molar refractivity (Wildman–Crippen MR) is 120 cm³/mol. The lowest BCUT2D eigenvalue weighted by Gasteiger charge is -2.10. The Bertz CT molecular complexity index is 928. The molecule has 2 aromatic carbocycles. The Kier molecular flexibility index (Phi) is 9.83. The first-order valence-electron chi connectivity index (χ1n) is 10.0. The van der Waals surface area contributed by atoms with Crippen LogP contribution in [-0.2, 0) is 22.6 Å². The van der Waals surface area contributed by atoms with Crippen molar-refractivity contribution >= 4 is 17.7 Å². The molecule has 0 saturated heterocycles. The molecule has 0 aliphatic heterocycles. The van der Waals surface area contributed by atoms with Crippen LogP contribution in [0.5, 0.6) is 17.2 Å². The largest absolute Gasteiger partial charge is 0.497 e. The zero-order valence-electron chi connectivity index (χ0n) is 18.8. The fourth-order valence-corrected chi connectivity index (χ4v) is 2.76. The standard InChI is InChI=1S/C23H29N3O6/c1-16(25-26-23(28)32-15-18-5-8-19(29-2)9-6-18)13-22(27)24-12-11-17-7-10-20(30-3)21(14-17)31-4/h5-10,14H,11-13,15H2,1-4H3,(H,24,27)(H,26,28)/b25-16+. The Balaban J connectivity index is 1.69. The molecule has 0 aliphatic rings. The molecule has 9 nitrogen and oxygen atoms in total. The summed E-state index contributed by atoms with van der Waals surface area (Å²) in [6.07, 6.45) is -0.00264. The lowest BCUT2D eigenvalue weighted by atomic mass is 10.1. The van der Waals surface area contributed by atoms with Crippen LogP contribution in [0.2, 0.25) is 0 Å². The number of benzene rings is 2. The van der Waals surface area contributed by atoms with E-state index in [2.05, 4.69) is 15.8 Å². The van der Waals surface area contributed by atoms with Crippen molar-refractivity contribution in [2.75, 3.05) is 27.9 Å². The maximum absolute atomic E-state index is 12.1. The molecule has 0 saturated carbocycles. The molecule has 0 spiro atoms. The molecule has 0 radical (unpaired) electrons. The van der Waals surface area contributed by atoms with Crippen LogP contribution in [0.3, 0.4) is 0 Å². The number of ether oxygens (including phenoxy) is 4. The molecule has 0 aliphatic carbocycles. The molecule has 9 heteroatoms. The number of hydrazone groups is 1. The lowest BCUT2D eigenvalue weighted by molar-refractivity contribution is -0.119. The minimum atomic E-state index is -0.700. The van der Waals surface area contributed by atoms with Gasteiger partial charge in [-0.25, -0.2) is 10.2 Å². The molecule has 0 bridgehead atoms. The van der Waals surface area contributed by atoms with Gasteiger partial charge in [-0.1, -0.05) is 18.2 Å². The number of methoxy groups -OCH3 is 3. The molecule has 0 atom stereocenters. The number of nitrogens with one attached hydrogen (secondary N) is 2. The van der Waals surface area contributed by atoms with E-state index in [1.165, 1.54) is 0 Å². The summed E-state index contributed by atoms with van der Waals surface area (Å²) in [4.78, 5) is 23.9. The van der Waals surface area contributed by atoms with Crippen LogP contribution < -0.4 is 25.0 Å². The van der Waals surface area contributed by atoms with Crippen molar-refractivity contribution < 1.29 is 28.5 Å². The van der Waals surface area contributed by atoms with Gasteiger partial charge in [0.2, 0.25) is 5.91 Å². The van der Waals surface area contributed by atoms with Gasteiger partial charge in [0.25, 0.3) is 0 Å². The predicted octanol–water partition coefficient (Wildman–Crippen LogP) is 3.06. The third kappa shape index (κ3) is 8.17. The van der Waals surface area contributed by atoms with Gasteiger partial charge in [-0.15, -0.1) is 0 Å².